The first-order valence-electron chi connectivity index (χ1n) is 9.81. The Morgan fingerprint density at radius 2 is 1.92 bits per heavy atom. The first kappa shape index (κ1) is 19.6. The van der Waals surface area contributed by atoms with Gasteiger partial charge in [0, 0.05) is 5.92 Å². The fourth-order valence-corrected chi connectivity index (χ4v) is 5.18. The van der Waals surface area contributed by atoms with E-state index in [1.807, 2.05) is 0 Å². The molecule has 2 aliphatic carbocycles. The fourth-order valence-electron chi connectivity index (χ4n) is 3.36. The summed E-state index contributed by atoms with van der Waals surface area (Å²) in [5.74, 6) is 1.13. The quantitative estimate of drug-likeness (QED) is 0.559. The SMILES string of the molecule is NCCCCCS(=O)(=O)CC(c1ccc(F)c(OCC2CC2)c1)C1CC1. The minimum absolute atomic E-state index is 0.0571. The summed E-state index contributed by atoms with van der Waals surface area (Å²) >= 11 is 0. The summed E-state index contributed by atoms with van der Waals surface area (Å²) in [6.07, 6.45) is 6.76. The second-order valence-electron chi connectivity index (χ2n) is 7.85. The molecule has 146 valence electrons. The van der Waals surface area contributed by atoms with Gasteiger partial charge in [0.1, 0.15) is 0 Å². The number of unbranched alkanes of at least 4 members (excludes halogenated alkanes) is 2. The number of hydrogen-bond acceptors (Lipinski definition) is 4. The molecular formula is C20H30FNO3S. The third-order valence-corrected chi connectivity index (χ3v) is 7.12. The Bertz CT molecular complexity index is 699. The van der Waals surface area contributed by atoms with Gasteiger partial charge in [-0.05, 0) is 74.6 Å². The zero-order chi connectivity index (χ0) is 18.6. The summed E-state index contributed by atoms with van der Waals surface area (Å²) in [5, 5.41) is 0. The van der Waals surface area contributed by atoms with E-state index in [0.29, 0.717) is 31.4 Å². The van der Waals surface area contributed by atoms with Crippen LogP contribution in [-0.2, 0) is 9.84 Å². The van der Waals surface area contributed by atoms with Crippen LogP contribution in [-0.4, -0.2) is 33.1 Å². The Labute approximate surface area is 156 Å². The highest BCUT2D eigenvalue weighted by Crippen LogP contribution is 2.44. The lowest BCUT2D eigenvalue weighted by molar-refractivity contribution is 0.285. The standard InChI is InChI=1S/C20H30FNO3S/c21-19-9-8-17(12-20(19)25-13-15-4-5-15)18(16-6-7-16)14-26(23,24)11-3-1-2-10-22/h8-9,12,15-16,18H,1-7,10-11,13-14,22H2. The minimum Gasteiger partial charge on any atom is -0.490 e. The molecule has 2 saturated carbocycles. The van der Waals surface area contributed by atoms with Gasteiger partial charge in [-0.2, -0.15) is 0 Å². The summed E-state index contributed by atoms with van der Waals surface area (Å²) in [4.78, 5) is 0. The molecule has 2 aliphatic rings. The van der Waals surface area contributed by atoms with Crippen LogP contribution in [0.2, 0.25) is 0 Å². The maximum absolute atomic E-state index is 14.0. The molecule has 0 heterocycles. The highest BCUT2D eigenvalue weighted by Gasteiger charge is 2.35. The van der Waals surface area contributed by atoms with Crippen LogP contribution in [0.25, 0.3) is 0 Å². The molecule has 0 aromatic heterocycles. The van der Waals surface area contributed by atoms with Crippen molar-refractivity contribution in [1.82, 2.24) is 0 Å². The van der Waals surface area contributed by atoms with E-state index in [-0.39, 0.29) is 29.0 Å². The van der Waals surface area contributed by atoms with Crippen molar-refractivity contribution >= 4 is 9.84 Å². The third-order valence-electron chi connectivity index (χ3n) is 5.34. The van der Waals surface area contributed by atoms with E-state index in [1.54, 1.807) is 12.1 Å². The van der Waals surface area contributed by atoms with E-state index < -0.39 is 9.84 Å². The summed E-state index contributed by atoms with van der Waals surface area (Å²) in [7, 11) is -3.13. The van der Waals surface area contributed by atoms with E-state index in [0.717, 1.165) is 44.1 Å². The van der Waals surface area contributed by atoms with Crippen LogP contribution in [0.3, 0.4) is 0 Å². The van der Waals surface area contributed by atoms with Gasteiger partial charge in [-0.15, -0.1) is 0 Å². The van der Waals surface area contributed by atoms with Gasteiger partial charge in [0.2, 0.25) is 0 Å². The lowest BCUT2D eigenvalue weighted by Gasteiger charge is -2.18. The van der Waals surface area contributed by atoms with Gasteiger partial charge >= 0.3 is 0 Å². The van der Waals surface area contributed by atoms with Crippen LogP contribution in [0.5, 0.6) is 5.75 Å². The van der Waals surface area contributed by atoms with Gasteiger partial charge in [-0.25, -0.2) is 12.8 Å². The van der Waals surface area contributed by atoms with Gasteiger partial charge in [0.25, 0.3) is 0 Å². The van der Waals surface area contributed by atoms with Crippen molar-refractivity contribution in [1.29, 1.82) is 0 Å². The van der Waals surface area contributed by atoms with E-state index in [1.165, 1.54) is 6.07 Å². The molecule has 0 saturated heterocycles. The second-order valence-corrected chi connectivity index (χ2v) is 10.1. The molecule has 0 aliphatic heterocycles. The molecule has 6 heteroatoms. The van der Waals surface area contributed by atoms with E-state index >= 15 is 0 Å². The molecule has 1 aromatic carbocycles. The fraction of sp³-hybridized carbons (Fsp3) is 0.700. The molecule has 0 spiro atoms. The maximum atomic E-state index is 14.0. The van der Waals surface area contributed by atoms with Crippen LogP contribution in [0.15, 0.2) is 18.2 Å². The van der Waals surface area contributed by atoms with Crippen LogP contribution < -0.4 is 10.5 Å². The minimum atomic E-state index is -3.13. The predicted molar refractivity (Wildman–Crippen MR) is 102 cm³/mol. The maximum Gasteiger partial charge on any atom is 0.165 e. The third kappa shape index (κ3) is 5.95. The Morgan fingerprint density at radius 1 is 1.15 bits per heavy atom. The van der Waals surface area contributed by atoms with Gasteiger partial charge in [0.05, 0.1) is 18.1 Å². The van der Waals surface area contributed by atoms with E-state index in [9.17, 15) is 12.8 Å². The normalized spacial score (nSPS) is 18.7. The number of sulfone groups is 1. The Hall–Kier alpha value is -1.14. The molecule has 0 radical (unpaired) electrons. The van der Waals surface area contributed by atoms with Crippen molar-refractivity contribution in [3.8, 4) is 5.75 Å². The Morgan fingerprint density at radius 3 is 2.58 bits per heavy atom. The number of halogens is 1. The first-order valence-corrected chi connectivity index (χ1v) is 11.6. The van der Waals surface area contributed by atoms with Gasteiger partial charge in [-0.1, -0.05) is 12.5 Å². The van der Waals surface area contributed by atoms with Crippen LogP contribution in [0, 0.1) is 17.7 Å². The van der Waals surface area contributed by atoms with Crippen molar-refractivity contribution in [3.05, 3.63) is 29.6 Å². The number of nitrogens with two attached hydrogens (primary N) is 1. The van der Waals surface area contributed by atoms with Crippen molar-refractivity contribution in [2.24, 2.45) is 17.6 Å². The second kappa shape index (κ2) is 8.70. The molecule has 0 bridgehead atoms. The molecule has 3 rings (SSSR count). The largest absolute Gasteiger partial charge is 0.490 e. The molecule has 2 N–H and O–H groups in total. The number of benzene rings is 1. The monoisotopic (exact) mass is 383 g/mol. The molecule has 1 unspecified atom stereocenters. The number of rotatable bonds is 12. The Balaban J connectivity index is 1.66. The molecule has 2 fully saturated rings. The molecule has 4 nitrogen and oxygen atoms in total. The topological polar surface area (TPSA) is 69.4 Å². The summed E-state index contributed by atoms with van der Waals surface area (Å²) in [6, 6.07) is 4.87. The van der Waals surface area contributed by atoms with E-state index in [2.05, 4.69) is 0 Å². The molecular weight excluding hydrogens is 353 g/mol. The first-order chi connectivity index (χ1) is 12.5. The Kier molecular flexibility index (Phi) is 6.56. The van der Waals surface area contributed by atoms with Crippen molar-refractivity contribution in [2.45, 2.75) is 50.9 Å². The average Bonchev–Trinajstić information content (AvgIpc) is 3.49. The molecule has 1 aromatic rings. The van der Waals surface area contributed by atoms with Crippen molar-refractivity contribution in [2.75, 3.05) is 24.7 Å². The lowest BCUT2D eigenvalue weighted by Crippen LogP contribution is -2.19. The highest BCUT2D eigenvalue weighted by molar-refractivity contribution is 7.91. The van der Waals surface area contributed by atoms with Gasteiger partial charge < -0.3 is 10.5 Å². The lowest BCUT2D eigenvalue weighted by atomic mass is 9.96. The molecule has 0 amide bonds. The molecule has 26 heavy (non-hydrogen) atoms. The van der Waals surface area contributed by atoms with Crippen molar-refractivity contribution < 1.29 is 17.5 Å². The van der Waals surface area contributed by atoms with Crippen LogP contribution in [0.1, 0.15) is 56.4 Å². The van der Waals surface area contributed by atoms with Crippen LogP contribution >= 0.6 is 0 Å². The summed E-state index contributed by atoms with van der Waals surface area (Å²) in [6.45, 7) is 1.15. The highest BCUT2D eigenvalue weighted by atomic mass is 32.2. The zero-order valence-corrected chi connectivity index (χ0v) is 16.1. The van der Waals surface area contributed by atoms with Gasteiger partial charge in [-0.3, -0.25) is 0 Å². The summed E-state index contributed by atoms with van der Waals surface area (Å²) < 4.78 is 44.8. The van der Waals surface area contributed by atoms with E-state index in [4.69, 9.17) is 10.5 Å². The smallest absolute Gasteiger partial charge is 0.165 e. The predicted octanol–water partition coefficient (Wildman–Crippen LogP) is 3.65. The van der Waals surface area contributed by atoms with Crippen molar-refractivity contribution in [3.63, 3.8) is 0 Å². The number of ether oxygens (including phenoxy) is 1. The number of hydrogen-bond donors (Lipinski definition) is 1. The zero-order valence-electron chi connectivity index (χ0n) is 15.3. The average molecular weight is 384 g/mol. The van der Waals surface area contributed by atoms with Gasteiger partial charge in [0.15, 0.2) is 21.4 Å². The van der Waals surface area contributed by atoms with Crippen LogP contribution in [0.4, 0.5) is 4.39 Å². The molecule has 1 atom stereocenters. The summed E-state index contributed by atoms with van der Waals surface area (Å²) in [5.41, 5.74) is 6.36.